The fourth-order valence-electron chi connectivity index (χ4n) is 3.88. The largest absolute Gasteiger partial charge is 0.494 e. The van der Waals surface area contributed by atoms with Gasteiger partial charge in [-0.15, -0.1) is 0 Å². The van der Waals surface area contributed by atoms with Crippen LogP contribution in [-0.4, -0.2) is 33.9 Å². The zero-order chi connectivity index (χ0) is 21.5. The lowest BCUT2D eigenvalue weighted by Crippen LogP contribution is -2.28. The Balaban J connectivity index is 1.36. The summed E-state index contributed by atoms with van der Waals surface area (Å²) in [6.07, 6.45) is 8.33. The standard InChI is InChI=1S/C24H28N4O3/c1-2-30-21-7-9-22(10-8-21)31-17-24(29)26-16-19-15-23(18-11-13-25-14-12-18)28(27-19)20-5-3-4-6-20/h7-15,20H,2-6,16-17H2,1H3,(H,26,29). The molecular weight excluding hydrogens is 392 g/mol. The lowest BCUT2D eigenvalue weighted by atomic mass is 10.1. The molecule has 7 heteroatoms. The monoisotopic (exact) mass is 420 g/mol. The van der Waals surface area contributed by atoms with Crippen LogP contribution in [0.15, 0.2) is 54.9 Å². The van der Waals surface area contributed by atoms with Crippen molar-refractivity contribution in [2.75, 3.05) is 13.2 Å². The summed E-state index contributed by atoms with van der Waals surface area (Å²) in [5.74, 6) is 1.22. The van der Waals surface area contributed by atoms with Gasteiger partial charge in [0, 0.05) is 18.0 Å². The van der Waals surface area contributed by atoms with Crippen LogP contribution in [0.5, 0.6) is 11.5 Å². The van der Waals surface area contributed by atoms with Crippen LogP contribution >= 0.6 is 0 Å². The van der Waals surface area contributed by atoms with E-state index in [0.717, 1.165) is 35.5 Å². The van der Waals surface area contributed by atoms with Gasteiger partial charge < -0.3 is 14.8 Å². The van der Waals surface area contributed by atoms with Crippen LogP contribution in [-0.2, 0) is 11.3 Å². The van der Waals surface area contributed by atoms with E-state index < -0.39 is 0 Å². The van der Waals surface area contributed by atoms with Crippen molar-refractivity contribution in [3.8, 4) is 22.8 Å². The van der Waals surface area contributed by atoms with Gasteiger partial charge in [0.1, 0.15) is 11.5 Å². The first-order valence-corrected chi connectivity index (χ1v) is 10.8. The van der Waals surface area contributed by atoms with E-state index in [1.807, 2.05) is 31.2 Å². The van der Waals surface area contributed by atoms with Gasteiger partial charge in [-0.3, -0.25) is 14.5 Å². The van der Waals surface area contributed by atoms with Crippen molar-refractivity contribution >= 4 is 5.91 Å². The van der Waals surface area contributed by atoms with Crippen molar-refractivity contribution in [2.45, 2.75) is 45.2 Å². The van der Waals surface area contributed by atoms with Crippen LogP contribution in [0.2, 0.25) is 0 Å². The first-order valence-electron chi connectivity index (χ1n) is 10.8. The number of aromatic nitrogens is 3. The van der Waals surface area contributed by atoms with Gasteiger partial charge in [-0.2, -0.15) is 5.10 Å². The number of benzene rings is 1. The third-order valence-corrected chi connectivity index (χ3v) is 5.40. The van der Waals surface area contributed by atoms with Gasteiger partial charge in [0.25, 0.3) is 5.91 Å². The Morgan fingerprint density at radius 1 is 1.06 bits per heavy atom. The molecule has 1 N–H and O–H groups in total. The summed E-state index contributed by atoms with van der Waals surface area (Å²) in [5.41, 5.74) is 3.00. The molecular formula is C24H28N4O3. The molecule has 0 bridgehead atoms. The molecule has 1 fully saturated rings. The normalized spacial score (nSPS) is 13.8. The van der Waals surface area contributed by atoms with Gasteiger partial charge in [-0.25, -0.2) is 0 Å². The number of amides is 1. The summed E-state index contributed by atoms with van der Waals surface area (Å²) in [5, 5.41) is 7.72. The first-order chi connectivity index (χ1) is 15.2. The number of nitrogens with zero attached hydrogens (tertiary/aromatic N) is 3. The Kier molecular flexibility index (Phi) is 6.82. The predicted octanol–water partition coefficient (Wildman–Crippen LogP) is 4.15. The van der Waals surface area contributed by atoms with Gasteiger partial charge in [0.05, 0.1) is 30.6 Å². The average Bonchev–Trinajstić information content (AvgIpc) is 3.48. The number of nitrogens with one attached hydrogen (secondary N) is 1. The summed E-state index contributed by atoms with van der Waals surface area (Å²) < 4.78 is 13.1. The van der Waals surface area contributed by atoms with Crippen LogP contribution in [0, 0.1) is 0 Å². The van der Waals surface area contributed by atoms with Gasteiger partial charge in [-0.1, -0.05) is 12.8 Å². The molecule has 1 aliphatic rings. The van der Waals surface area contributed by atoms with Crippen LogP contribution in [0.3, 0.4) is 0 Å². The molecule has 2 aromatic heterocycles. The van der Waals surface area contributed by atoms with E-state index in [2.05, 4.69) is 21.0 Å². The maximum atomic E-state index is 12.3. The molecule has 0 unspecified atom stereocenters. The number of hydrogen-bond donors (Lipinski definition) is 1. The van der Waals surface area contributed by atoms with Crippen molar-refractivity contribution in [1.82, 2.24) is 20.1 Å². The second-order valence-corrected chi connectivity index (χ2v) is 7.61. The molecule has 0 atom stereocenters. The maximum Gasteiger partial charge on any atom is 0.258 e. The minimum atomic E-state index is -0.185. The molecule has 31 heavy (non-hydrogen) atoms. The fourth-order valence-corrected chi connectivity index (χ4v) is 3.88. The highest BCUT2D eigenvalue weighted by Crippen LogP contribution is 2.33. The van der Waals surface area contributed by atoms with E-state index in [4.69, 9.17) is 14.6 Å². The van der Waals surface area contributed by atoms with Crippen molar-refractivity contribution in [1.29, 1.82) is 0 Å². The molecule has 1 aliphatic carbocycles. The molecule has 1 saturated carbocycles. The van der Waals surface area contributed by atoms with Crippen molar-refractivity contribution in [3.63, 3.8) is 0 Å². The molecule has 0 radical (unpaired) electrons. The number of carbonyl (C=O) groups excluding carboxylic acids is 1. The number of pyridine rings is 1. The number of ether oxygens (including phenoxy) is 2. The highest BCUT2D eigenvalue weighted by atomic mass is 16.5. The smallest absolute Gasteiger partial charge is 0.258 e. The van der Waals surface area contributed by atoms with Gasteiger partial charge >= 0.3 is 0 Å². The molecule has 3 aromatic rings. The fraction of sp³-hybridized carbons (Fsp3) is 0.375. The Morgan fingerprint density at radius 3 is 2.42 bits per heavy atom. The van der Waals surface area contributed by atoms with E-state index >= 15 is 0 Å². The summed E-state index contributed by atoms with van der Waals surface area (Å²) in [6.45, 7) is 2.87. The van der Waals surface area contributed by atoms with Crippen LogP contribution in [0.1, 0.15) is 44.3 Å². The van der Waals surface area contributed by atoms with Crippen LogP contribution < -0.4 is 14.8 Å². The molecule has 162 valence electrons. The summed E-state index contributed by atoms with van der Waals surface area (Å²) in [4.78, 5) is 16.4. The minimum absolute atomic E-state index is 0.0471. The van der Waals surface area contributed by atoms with Crippen LogP contribution in [0.4, 0.5) is 0 Å². The van der Waals surface area contributed by atoms with Crippen molar-refractivity contribution < 1.29 is 14.3 Å². The second-order valence-electron chi connectivity index (χ2n) is 7.61. The van der Waals surface area contributed by atoms with Gasteiger partial charge in [-0.05, 0) is 62.2 Å². The Morgan fingerprint density at radius 2 is 1.74 bits per heavy atom. The third-order valence-electron chi connectivity index (χ3n) is 5.40. The molecule has 4 rings (SSSR count). The van der Waals surface area contributed by atoms with E-state index in [0.29, 0.717) is 24.9 Å². The second kappa shape index (κ2) is 10.1. The Hall–Kier alpha value is -3.35. The number of carbonyl (C=O) groups is 1. The molecule has 1 amide bonds. The maximum absolute atomic E-state index is 12.3. The average molecular weight is 421 g/mol. The zero-order valence-corrected chi connectivity index (χ0v) is 17.8. The van der Waals surface area contributed by atoms with E-state index in [9.17, 15) is 4.79 Å². The summed E-state index contributed by atoms with van der Waals surface area (Å²) in [6, 6.07) is 13.7. The SMILES string of the molecule is CCOc1ccc(OCC(=O)NCc2cc(-c3ccncc3)n(C3CCCC3)n2)cc1. The van der Waals surface area contributed by atoms with E-state index in [1.165, 1.54) is 12.8 Å². The van der Waals surface area contributed by atoms with E-state index in [-0.39, 0.29) is 12.5 Å². The third kappa shape index (κ3) is 5.42. The minimum Gasteiger partial charge on any atom is -0.494 e. The lowest BCUT2D eigenvalue weighted by molar-refractivity contribution is -0.123. The van der Waals surface area contributed by atoms with Crippen molar-refractivity contribution in [2.24, 2.45) is 0 Å². The summed E-state index contributed by atoms with van der Waals surface area (Å²) in [7, 11) is 0. The Bertz CT molecular complexity index is 980. The first kappa shape index (κ1) is 20.9. The molecule has 1 aromatic carbocycles. The quantitative estimate of drug-likeness (QED) is 0.563. The molecule has 0 spiro atoms. The van der Waals surface area contributed by atoms with Crippen molar-refractivity contribution in [3.05, 3.63) is 60.6 Å². The summed E-state index contributed by atoms with van der Waals surface area (Å²) >= 11 is 0. The van der Waals surface area contributed by atoms with Gasteiger partial charge in [0.15, 0.2) is 6.61 Å². The topological polar surface area (TPSA) is 78.3 Å². The highest BCUT2D eigenvalue weighted by Gasteiger charge is 2.22. The Labute approximate surface area is 182 Å². The molecule has 0 saturated heterocycles. The molecule has 0 aliphatic heterocycles. The predicted molar refractivity (Wildman–Crippen MR) is 118 cm³/mol. The molecule has 2 heterocycles. The number of hydrogen-bond acceptors (Lipinski definition) is 5. The lowest BCUT2D eigenvalue weighted by Gasteiger charge is -2.14. The highest BCUT2D eigenvalue weighted by molar-refractivity contribution is 5.77. The van der Waals surface area contributed by atoms with Gasteiger partial charge in [0.2, 0.25) is 0 Å². The van der Waals surface area contributed by atoms with E-state index in [1.54, 1.807) is 24.5 Å². The molecule has 7 nitrogen and oxygen atoms in total. The number of rotatable bonds is 9. The van der Waals surface area contributed by atoms with Crippen LogP contribution in [0.25, 0.3) is 11.3 Å². The zero-order valence-electron chi connectivity index (χ0n) is 17.8.